The van der Waals surface area contributed by atoms with E-state index in [1.54, 1.807) is 23.6 Å². The molecule has 0 aliphatic rings. The van der Waals surface area contributed by atoms with Gasteiger partial charge in [-0.15, -0.1) is 21.5 Å². The maximum absolute atomic E-state index is 12.7. The molecule has 0 aliphatic heterocycles. The highest BCUT2D eigenvalue weighted by atomic mass is 32.1. The number of aromatic nitrogens is 3. The van der Waals surface area contributed by atoms with E-state index in [0.717, 1.165) is 5.56 Å². The zero-order valence-electron chi connectivity index (χ0n) is 20.5. The second-order valence-electron chi connectivity index (χ2n) is 8.84. The fourth-order valence-corrected chi connectivity index (χ4v) is 3.95. The third-order valence-corrected chi connectivity index (χ3v) is 6.06. The molecule has 0 bridgehead atoms. The molecule has 3 amide bonds. The number of carbonyl (C=O) groups is 3. The lowest BCUT2D eigenvalue weighted by molar-refractivity contribution is -0.126. The maximum Gasteiger partial charge on any atom is 0.409 e. The molecule has 1 aromatic carbocycles. The molecule has 202 valence electrons. The van der Waals surface area contributed by atoms with Gasteiger partial charge >= 0.3 is 6.09 Å². The highest BCUT2D eigenvalue weighted by Crippen LogP contribution is 2.22. The van der Waals surface area contributed by atoms with Crippen LogP contribution in [-0.2, 0) is 32.3 Å². The smallest absolute Gasteiger partial charge is 0.409 e. The zero-order valence-corrected chi connectivity index (χ0v) is 21.3. The lowest BCUT2D eigenvalue weighted by Gasteiger charge is -2.23. The molecule has 2 aromatic heterocycles. The van der Waals surface area contributed by atoms with Crippen molar-refractivity contribution in [3.63, 3.8) is 0 Å². The quantitative estimate of drug-likeness (QED) is 0.318. The number of nitrogens with zero attached hydrogens (tertiary/aromatic N) is 4. The second kappa shape index (κ2) is 13.1. The topological polar surface area (TPSA) is 167 Å². The molecule has 0 fully saturated rings. The van der Waals surface area contributed by atoms with Gasteiger partial charge in [0.1, 0.15) is 12.6 Å². The van der Waals surface area contributed by atoms with Crippen molar-refractivity contribution in [3.05, 3.63) is 52.8 Å². The molecule has 0 spiro atoms. The first kappa shape index (κ1) is 29.7. The van der Waals surface area contributed by atoms with Crippen molar-refractivity contribution in [3.8, 4) is 0 Å². The summed E-state index contributed by atoms with van der Waals surface area (Å²) in [6, 6.07) is 8.97. The van der Waals surface area contributed by atoms with Crippen molar-refractivity contribution in [2.24, 2.45) is 11.5 Å². The molecule has 1 atom stereocenters. The molecule has 0 radical (unpaired) electrons. The molecule has 0 saturated heterocycles. The van der Waals surface area contributed by atoms with E-state index in [2.05, 4.69) is 15.5 Å². The summed E-state index contributed by atoms with van der Waals surface area (Å²) in [4.78, 5) is 37.8. The van der Waals surface area contributed by atoms with Crippen LogP contribution < -0.4 is 16.8 Å². The average molecular weight is 534 g/mol. The summed E-state index contributed by atoms with van der Waals surface area (Å²) in [5.41, 5.74) is 11.6. The van der Waals surface area contributed by atoms with Crippen molar-refractivity contribution in [2.45, 2.75) is 52.5 Å². The Morgan fingerprint density at radius 3 is 2.54 bits per heavy atom. The fourth-order valence-electron chi connectivity index (χ4n) is 3.13. The molecular formula is C24H35N7O5S. The number of primary amides is 1. The van der Waals surface area contributed by atoms with Crippen LogP contribution in [-0.4, -0.2) is 63.1 Å². The minimum atomic E-state index is -1.12. The Morgan fingerprint density at radius 2 is 1.89 bits per heavy atom. The molecule has 5 N–H and O–H groups in total. The van der Waals surface area contributed by atoms with Crippen LogP contribution >= 0.6 is 11.3 Å². The highest BCUT2D eigenvalue weighted by Gasteiger charge is 2.29. The van der Waals surface area contributed by atoms with Crippen LogP contribution in [0.3, 0.4) is 0 Å². The molecule has 0 saturated carbocycles. The van der Waals surface area contributed by atoms with E-state index in [1.807, 2.05) is 30.3 Å². The van der Waals surface area contributed by atoms with Gasteiger partial charge in [-0.3, -0.25) is 14.0 Å². The van der Waals surface area contributed by atoms with Gasteiger partial charge in [0.15, 0.2) is 5.82 Å². The summed E-state index contributed by atoms with van der Waals surface area (Å²) >= 11 is 1.32. The molecule has 3 rings (SSSR count). The van der Waals surface area contributed by atoms with E-state index >= 15 is 0 Å². The first-order chi connectivity index (χ1) is 17.1. The van der Waals surface area contributed by atoms with E-state index in [-0.39, 0.29) is 39.5 Å². The monoisotopic (exact) mass is 533 g/mol. The van der Waals surface area contributed by atoms with Crippen LogP contribution in [0.1, 0.15) is 50.8 Å². The molecular weight excluding hydrogens is 498 g/mol. The van der Waals surface area contributed by atoms with Crippen molar-refractivity contribution >= 4 is 34.2 Å². The van der Waals surface area contributed by atoms with Gasteiger partial charge in [-0.1, -0.05) is 37.8 Å². The predicted octanol–water partition coefficient (Wildman–Crippen LogP) is 1.98. The van der Waals surface area contributed by atoms with E-state index in [1.165, 1.54) is 23.3 Å². The number of hydrogen-bond donors (Lipinski definition) is 3. The Kier molecular flexibility index (Phi) is 10.5. The average Bonchev–Trinajstić information content (AvgIpc) is 3.43. The Morgan fingerprint density at radius 1 is 1.19 bits per heavy atom. The summed E-state index contributed by atoms with van der Waals surface area (Å²) in [6.07, 6.45) is -0.572. The van der Waals surface area contributed by atoms with Crippen LogP contribution in [0.15, 0.2) is 35.7 Å². The number of hydrogen-bond acceptors (Lipinski definition) is 9. The minimum absolute atomic E-state index is 0. The van der Waals surface area contributed by atoms with E-state index < -0.39 is 23.6 Å². The zero-order chi connectivity index (χ0) is 26.3. The Labute approximate surface area is 219 Å². The number of nitrogens with two attached hydrogens (primary N) is 2. The molecule has 3 aromatic rings. The number of carbonyl (C=O) groups excluding carboxylic acids is 3. The Hall–Kier alpha value is -3.55. The largest absolute Gasteiger partial charge is 0.443 e. The number of amides is 3. The fraction of sp³-hybridized carbons (Fsp3) is 0.458. The highest BCUT2D eigenvalue weighted by molar-refractivity contribution is 7.15. The number of thiazole rings is 1. The Balaban J connectivity index is 0.00000481. The van der Waals surface area contributed by atoms with Gasteiger partial charge in [0, 0.05) is 25.4 Å². The molecule has 0 unspecified atom stereocenters. The molecule has 2 heterocycles. The standard InChI is InChI=1S/C23H31N7O5S.CH4/c1-23(2,25)20(32)26-17(13-34-11-15-7-5-4-6-8-15)19-27-28-21-30(19)16(14-36-21)12-35-22(33)29(3)10-9-18(24)31;/h4-8,14,17H,9-13,25H2,1-3H3,(H2,24,31)(H,26,32);1H4/t17-;/m1./s1. The third kappa shape index (κ3) is 8.23. The summed E-state index contributed by atoms with van der Waals surface area (Å²) in [6.45, 7) is 3.74. The van der Waals surface area contributed by atoms with Gasteiger partial charge in [0.2, 0.25) is 16.8 Å². The van der Waals surface area contributed by atoms with E-state index in [9.17, 15) is 14.4 Å². The number of rotatable bonds is 12. The summed E-state index contributed by atoms with van der Waals surface area (Å²) in [7, 11) is 1.52. The predicted molar refractivity (Wildman–Crippen MR) is 139 cm³/mol. The minimum Gasteiger partial charge on any atom is -0.443 e. The Bertz CT molecular complexity index is 1190. The first-order valence-electron chi connectivity index (χ1n) is 11.3. The lowest BCUT2D eigenvalue weighted by Crippen LogP contribution is -2.51. The van der Waals surface area contributed by atoms with Crippen molar-refractivity contribution in [1.82, 2.24) is 24.8 Å². The van der Waals surface area contributed by atoms with Crippen LogP contribution in [0.25, 0.3) is 4.96 Å². The molecule has 0 aliphatic carbocycles. The van der Waals surface area contributed by atoms with Crippen molar-refractivity contribution in [1.29, 1.82) is 0 Å². The van der Waals surface area contributed by atoms with Crippen LogP contribution in [0.2, 0.25) is 0 Å². The van der Waals surface area contributed by atoms with Crippen molar-refractivity contribution in [2.75, 3.05) is 20.2 Å². The molecule has 12 nitrogen and oxygen atoms in total. The summed E-state index contributed by atoms with van der Waals surface area (Å²) < 4.78 is 13.0. The van der Waals surface area contributed by atoms with Crippen LogP contribution in [0.4, 0.5) is 4.79 Å². The van der Waals surface area contributed by atoms with Gasteiger partial charge in [0.05, 0.1) is 24.4 Å². The van der Waals surface area contributed by atoms with E-state index in [0.29, 0.717) is 23.1 Å². The van der Waals surface area contributed by atoms with Gasteiger partial charge in [0.25, 0.3) is 0 Å². The van der Waals surface area contributed by atoms with Crippen molar-refractivity contribution < 1.29 is 23.9 Å². The number of nitrogens with one attached hydrogen (secondary N) is 1. The number of benzene rings is 1. The summed E-state index contributed by atoms with van der Waals surface area (Å²) in [5, 5.41) is 13.2. The number of ether oxygens (including phenoxy) is 2. The third-order valence-electron chi connectivity index (χ3n) is 5.19. The maximum atomic E-state index is 12.7. The summed E-state index contributed by atoms with van der Waals surface area (Å²) in [5.74, 6) is -0.469. The second-order valence-corrected chi connectivity index (χ2v) is 9.68. The van der Waals surface area contributed by atoms with Gasteiger partial charge in [-0.2, -0.15) is 0 Å². The normalized spacial score (nSPS) is 12.0. The number of fused-ring (bicyclic) bond motifs is 1. The van der Waals surface area contributed by atoms with Gasteiger partial charge in [-0.05, 0) is 19.4 Å². The first-order valence-corrected chi connectivity index (χ1v) is 12.1. The SMILES string of the molecule is C.CN(CCC(N)=O)C(=O)OCc1csc2nnc([C@@H](COCc3ccccc3)NC(=O)C(C)(C)N)n12. The molecule has 13 heteroatoms. The van der Waals surface area contributed by atoms with Crippen LogP contribution in [0, 0.1) is 0 Å². The van der Waals surface area contributed by atoms with Gasteiger partial charge < -0.3 is 31.2 Å². The van der Waals surface area contributed by atoms with Crippen LogP contribution in [0.5, 0.6) is 0 Å². The van der Waals surface area contributed by atoms with E-state index in [4.69, 9.17) is 20.9 Å². The molecule has 37 heavy (non-hydrogen) atoms. The lowest BCUT2D eigenvalue weighted by atomic mass is 10.1. The van der Waals surface area contributed by atoms with Gasteiger partial charge in [-0.25, -0.2) is 4.79 Å².